The molecule has 0 bridgehead atoms. The number of imidazole rings is 1. The number of hydrogen-bond donors (Lipinski definition) is 0. The number of nitrogens with zero attached hydrogens (tertiary/aromatic N) is 2. The van der Waals surface area contributed by atoms with Crippen molar-refractivity contribution in [3.8, 4) is 5.75 Å². The molecule has 0 spiro atoms. The van der Waals surface area contributed by atoms with Crippen LogP contribution in [0.3, 0.4) is 0 Å². The second-order valence-electron chi connectivity index (χ2n) is 5.96. The fraction of sp³-hybridized carbons (Fsp3) is 0.190. The molecule has 3 aromatic carbocycles. The van der Waals surface area contributed by atoms with Crippen LogP contribution in [-0.2, 0) is 17.9 Å². The molecule has 0 unspecified atom stereocenters. The largest absolute Gasteiger partial charge is 0.486 e. The smallest absolute Gasteiger partial charge is 0.148 e. The summed E-state index contributed by atoms with van der Waals surface area (Å²) in [6.45, 7) is 1.83. The zero-order chi connectivity index (χ0) is 17.1. The van der Waals surface area contributed by atoms with Crippen LogP contribution in [0.4, 0.5) is 0 Å². The number of para-hydroxylation sites is 2. The van der Waals surface area contributed by atoms with E-state index < -0.39 is 0 Å². The van der Waals surface area contributed by atoms with Crippen LogP contribution in [0.2, 0.25) is 0 Å². The summed E-state index contributed by atoms with van der Waals surface area (Å²) >= 11 is 0. The van der Waals surface area contributed by atoms with Gasteiger partial charge in [0.25, 0.3) is 0 Å². The second-order valence-corrected chi connectivity index (χ2v) is 5.96. The molecule has 0 aliphatic carbocycles. The number of methoxy groups -OCH3 is 1. The minimum absolute atomic E-state index is 0.427. The van der Waals surface area contributed by atoms with Crippen molar-refractivity contribution in [3.05, 3.63) is 72.6 Å². The lowest BCUT2D eigenvalue weighted by atomic mass is 10.1. The van der Waals surface area contributed by atoms with E-state index in [4.69, 9.17) is 14.5 Å². The molecular formula is C21H20N2O2. The van der Waals surface area contributed by atoms with E-state index in [1.165, 1.54) is 10.8 Å². The Morgan fingerprint density at radius 3 is 2.60 bits per heavy atom. The molecule has 0 atom stereocenters. The molecule has 126 valence electrons. The lowest BCUT2D eigenvalue weighted by molar-refractivity contribution is 0.185. The third kappa shape index (κ3) is 3.21. The quantitative estimate of drug-likeness (QED) is 0.524. The molecule has 4 aromatic rings. The van der Waals surface area contributed by atoms with E-state index in [1.54, 1.807) is 7.11 Å². The Labute approximate surface area is 146 Å². The zero-order valence-electron chi connectivity index (χ0n) is 14.2. The maximum atomic E-state index is 6.03. The molecule has 4 rings (SSSR count). The molecule has 0 aliphatic rings. The van der Waals surface area contributed by atoms with Crippen LogP contribution in [0.5, 0.6) is 5.75 Å². The molecule has 4 heteroatoms. The highest BCUT2D eigenvalue weighted by atomic mass is 16.5. The van der Waals surface area contributed by atoms with Gasteiger partial charge in [-0.05, 0) is 35.0 Å². The molecule has 0 aliphatic heterocycles. The molecule has 1 aromatic heterocycles. The summed E-state index contributed by atoms with van der Waals surface area (Å²) in [6.07, 6.45) is 0. The van der Waals surface area contributed by atoms with Gasteiger partial charge in [0.15, 0.2) is 0 Å². The van der Waals surface area contributed by atoms with E-state index in [1.807, 2.05) is 36.4 Å². The van der Waals surface area contributed by atoms with Crippen LogP contribution in [-0.4, -0.2) is 23.3 Å². The number of aromatic nitrogens is 2. The standard InChI is InChI=1S/C21H20N2O2/c1-24-13-12-23-20-9-5-4-8-19(20)22-21(23)15-25-18-11-10-16-6-2-3-7-17(16)14-18/h2-11,14H,12-13,15H2,1H3. The van der Waals surface area contributed by atoms with Gasteiger partial charge in [0, 0.05) is 13.7 Å². The maximum Gasteiger partial charge on any atom is 0.148 e. The van der Waals surface area contributed by atoms with E-state index in [0.717, 1.165) is 29.2 Å². The lowest BCUT2D eigenvalue weighted by Crippen LogP contribution is -2.10. The van der Waals surface area contributed by atoms with E-state index in [-0.39, 0.29) is 0 Å². The van der Waals surface area contributed by atoms with Crippen molar-refractivity contribution in [3.63, 3.8) is 0 Å². The van der Waals surface area contributed by atoms with Crippen molar-refractivity contribution >= 4 is 21.8 Å². The van der Waals surface area contributed by atoms with Crippen LogP contribution >= 0.6 is 0 Å². The zero-order valence-corrected chi connectivity index (χ0v) is 14.2. The molecule has 0 saturated heterocycles. The predicted molar refractivity (Wildman–Crippen MR) is 99.9 cm³/mol. The molecular weight excluding hydrogens is 312 g/mol. The highest BCUT2D eigenvalue weighted by Gasteiger charge is 2.11. The van der Waals surface area contributed by atoms with Crippen molar-refractivity contribution in [2.24, 2.45) is 0 Å². The predicted octanol–water partition coefficient (Wildman–Crippen LogP) is 4.41. The van der Waals surface area contributed by atoms with Crippen LogP contribution in [0.1, 0.15) is 5.82 Å². The molecule has 0 fully saturated rings. The van der Waals surface area contributed by atoms with Crippen LogP contribution in [0.25, 0.3) is 21.8 Å². The minimum atomic E-state index is 0.427. The van der Waals surface area contributed by atoms with Crippen molar-refractivity contribution < 1.29 is 9.47 Å². The third-order valence-electron chi connectivity index (χ3n) is 4.34. The van der Waals surface area contributed by atoms with Crippen LogP contribution in [0, 0.1) is 0 Å². The summed E-state index contributed by atoms with van der Waals surface area (Å²) < 4.78 is 13.4. The first-order chi connectivity index (χ1) is 12.3. The van der Waals surface area contributed by atoms with Crippen LogP contribution in [0.15, 0.2) is 66.7 Å². The van der Waals surface area contributed by atoms with E-state index in [2.05, 4.69) is 34.9 Å². The molecule has 0 saturated carbocycles. The van der Waals surface area contributed by atoms with E-state index in [9.17, 15) is 0 Å². The fourth-order valence-corrected chi connectivity index (χ4v) is 3.07. The summed E-state index contributed by atoms with van der Waals surface area (Å²) in [6, 6.07) is 22.6. The number of rotatable bonds is 6. The molecule has 0 N–H and O–H groups in total. The van der Waals surface area contributed by atoms with Crippen molar-refractivity contribution in [2.75, 3.05) is 13.7 Å². The third-order valence-corrected chi connectivity index (χ3v) is 4.34. The van der Waals surface area contributed by atoms with Crippen molar-refractivity contribution in [1.29, 1.82) is 0 Å². The molecule has 25 heavy (non-hydrogen) atoms. The average molecular weight is 332 g/mol. The minimum Gasteiger partial charge on any atom is -0.486 e. The van der Waals surface area contributed by atoms with Gasteiger partial charge in [-0.25, -0.2) is 4.98 Å². The lowest BCUT2D eigenvalue weighted by Gasteiger charge is -2.10. The first-order valence-electron chi connectivity index (χ1n) is 8.40. The van der Waals surface area contributed by atoms with Gasteiger partial charge in [-0.15, -0.1) is 0 Å². The number of fused-ring (bicyclic) bond motifs is 2. The summed E-state index contributed by atoms with van der Waals surface area (Å²) in [7, 11) is 1.71. The maximum absolute atomic E-state index is 6.03. The normalized spacial score (nSPS) is 11.2. The summed E-state index contributed by atoms with van der Waals surface area (Å²) in [4.78, 5) is 4.73. The second kappa shape index (κ2) is 6.95. The Hall–Kier alpha value is -2.85. The summed E-state index contributed by atoms with van der Waals surface area (Å²) in [5.41, 5.74) is 2.09. The van der Waals surface area contributed by atoms with E-state index >= 15 is 0 Å². The van der Waals surface area contributed by atoms with Crippen LogP contribution < -0.4 is 4.74 Å². The van der Waals surface area contributed by atoms with Crippen molar-refractivity contribution in [1.82, 2.24) is 9.55 Å². The first-order valence-corrected chi connectivity index (χ1v) is 8.40. The highest BCUT2D eigenvalue weighted by molar-refractivity contribution is 5.83. The Bertz CT molecular complexity index is 1010. The van der Waals surface area contributed by atoms with Gasteiger partial charge in [0.1, 0.15) is 18.2 Å². The van der Waals surface area contributed by atoms with Gasteiger partial charge in [-0.3, -0.25) is 0 Å². The molecule has 1 heterocycles. The number of ether oxygens (including phenoxy) is 2. The van der Waals surface area contributed by atoms with Gasteiger partial charge in [-0.2, -0.15) is 0 Å². The Morgan fingerprint density at radius 2 is 1.72 bits per heavy atom. The van der Waals surface area contributed by atoms with Crippen molar-refractivity contribution in [2.45, 2.75) is 13.2 Å². The van der Waals surface area contributed by atoms with E-state index in [0.29, 0.717) is 13.2 Å². The van der Waals surface area contributed by atoms with Gasteiger partial charge in [0.05, 0.1) is 17.6 Å². The van der Waals surface area contributed by atoms with Gasteiger partial charge < -0.3 is 14.0 Å². The topological polar surface area (TPSA) is 36.3 Å². The first kappa shape index (κ1) is 15.7. The SMILES string of the molecule is COCCn1c(COc2ccc3ccccc3c2)nc2ccccc21. The Morgan fingerprint density at radius 1 is 0.920 bits per heavy atom. The highest BCUT2D eigenvalue weighted by Crippen LogP contribution is 2.22. The van der Waals surface area contributed by atoms with Gasteiger partial charge in [0.2, 0.25) is 0 Å². The monoisotopic (exact) mass is 332 g/mol. The van der Waals surface area contributed by atoms with Gasteiger partial charge >= 0.3 is 0 Å². The average Bonchev–Trinajstić information content (AvgIpc) is 3.02. The summed E-state index contributed by atoms with van der Waals surface area (Å²) in [5.74, 6) is 1.76. The Kier molecular flexibility index (Phi) is 4.36. The number of hydrogen-bond acceptors (Lipinski definition) is 3. The number of benzene rings is 3. The Balaban J connectivity index is 1.60. The molecule has 0 amide bonds. The summed E-state index contributed by atoms with van der Waals surface area (Å²) in [5, 5.41) is 2.38. The fourth-order valence-electron chi connectivity index (χ4n) is 3.07. The molecule has 4 nitrogen and oxygen atoms in total. The van der Waals surface area contributed by atoms with Gasteiger partial charge in [-0.1, -0.05) is 42.5 Å². The molecule has 0 radical (unpaired) electrons.